The maximum atomic E-state index is 12.0. The SMILES string of the molecule is C.C.C.C.CCOC(=O)C(C)(C)CC(C)(C)C(=O)OCCOC. The van der Waals surface area contributed by atoms with E-state index in [1.807, 2.05) is 0 Å². The first-order chi connectivity index (χ1) is 8.67. The molecule has 144 valence electrons. The van der Waals surface area contributed by atoms with E-state index in [0.717, 1.165) is 0 Å². The summed E-state index contributed by atoms with van der Waals surface area (Å²) in [5, 5.41) is 0. The van der Waals surface area contributed by atoms with E-state index in [0.29, 0.717) is 19.6 Å². The molecule has 0 bridgehead atoms. The van der Waals surface area contributed by atoms with Crippen LogP contribution >= 0.6 is 0 Å². The Morgan fingerprint density at radius 1 is 0.783 bits per heavy atom. The molecule has 5 heteroatoms. The number of methoxy groups -OCH3 is 1. The van der Waals surface area contributed by atoms with Crippen molar-refractivity contribution >= 4 is 11.9 Å². The Labute approximate surface area is 145 Å². The molecule has 0 unspecified atom stereocenters. The van der Waals surface area contributed by atoms with Gasteiger partial charge in [0.15, 0.2) is 0 Å². The summed E-state index contributed by atoms with van der Waals surface area (Å²) < 4.78 is 15.0. The van der Waals surface area contributed by atoms with E-state index in [-0.39, 0.29) is 48.3 Å². The van der Waals surface area contributed by atoms with Gasteiger partial charge in [-0.2, -0.15) is 0 Å². The number of carbonyl (C=O) groups is 2. The van der Waals surface area contributed by atoms with Crippen LogP contribution in [0.3, 0.4) is 0 Å². The van der Waals surface area contributed by atoms with Crippen molar-refractivity contribution in [2.75, 3.05) is 26.9 Å². The fourth-order valence-corrected chi connectivity index (χ4v) is 1.99. The molecule has 0 heterocycles. The first kappa shape index (κ1) is 33.5. The molecule has 0 aliphatic rings. The largest absolute Gasteiger partial charge is 0.466 e. The zero-order chi connectivity index (χ0) is 15.1. The summed E-state index contributed by atoms with van der Waals surface area (Å²) in [6, 6.07) is 0. The minimum atomic E-state index is -0.746. The van der Waals surface area contributed by atoms with Crippen LogP contribution < -0.4 is 0 Å². The summed E-state index contributed by atoms with van der Waals surface area (Å²) in [6.45, 7) is 9.76. The van der Waals surface area contributed by atoms with Crippen LogP contribution in [0.1, 0.15) is 70.7 Å². The fourth-order valence-electron chi connectivity index (χ4n) is 1.99. The molecule has 5 nitrogen and oxygen atoms in total. The topological polar surface area (TPSA) is 61.8 Å². The predicted molar refractivity (Wildman–Crippen MR) is 98.6 cm³/mol. The lowest BCUT2D eigenvalue weighted by Gasteiger charge is -2.31. The van der Waals surface area contributed by atoms with Crippen LogP contribution in [0.2, 0.25) is 0 Å². The van der Waals surface area contributed by atoms with Crippen molar-refractivity contribution in [2.24, 2.45) is 10.8 Å². The summed E-state index contributed by atoms with van der Waals surface area (Å²) in [5.74, 6) is -0.630. The van der Waals surface area contributed by atoms with Gasteiger partial charge in [-0.25, -0.2) is 0 Å². The smallest absolute Gasteiger partial charge is 0.311 e. The molecular formula is C18H42O5. The second-order valence-electron chi connectivity index (χ2n) is 5.79. The Hall–Kier alpha value is -1.10. The van der Waals surface area contributed by atoms with Gasteiger partial charge in [0.2, 0.25) is 0 Å². The lowest BCUT2D eigenvalue weighted by molar-refractivity contribution is -0.162. The van der Waals surface area contributed by atoms with Gasteiger partial charge in [0.25, 0.3) is 0 Å². The van der Waals surface area contributed by atoms with Crippen molar-refractivity contribution in [3.05, 3.63) is 0 Å². The molecule has 0 rings (SSSR count). The van der Waals surface area contributed by atoms with Gasteiger partial charge >= 0.3 is 11.9 Å². The molecule has 0 fully saturated rings. The summed E-state index contributed by atoms with van der Waals surface area (Å²) in [6.07, 6.45) is 0.366. The zero-order valence-corrected chi connectivity index (χ0v) is 12.9. The highest BCUT2D eigenvalue weighted by Crippen LogP contribution is 2.35. The molecule has 0 spiro atoms. The summed E-state index contributed by atoms with van der Waals surface area (Å²) in [5.41, 5.74) is -1.47. The molecule has 0 radical (unpaired) electrons. The Bertz CT molecular complexity index is 309. The monoisotopic (exact) mass is 338 g/mol. The lowest BCUT2D eigenvalue weighted by atomic mass is 9.75. The van der Waals surface area contributed by atoms with E-state index in [2.05, 4.69) is 0 Å². The third-order valence-corrected chi connectivity index (χ3v) is 2.79. The quantitative estimate of drug-likeness (QED) is 0.473. The van der Waals surface area contributed by atoms with Crippen molar-refractivity contribution in [1.29, 1.82) is 0 Å². The van der Waals surface area contributed by atoms with Gasteiger partial charge in [-0.3, -0.25) is 9.59 Å². The van der Waals surface area contributed by atoms with Crippen molar-refractivity contribution in [3.63, 3.8) is 0 Å². The van der Waals surface area contributed by atoms with E-state index >= 15 is 0 Å². The average molecular weight is 339 g/mol. The lowest BCUT2D eigenvalue weighted by Crippen LogP contribution is -2.37. The first-order valence-corrected chi connectivity index (χ1v) is 6.50. The minimum Gasteiger partial charge on any atom is -0.466 e. The second-order valence-corrected chi connectivity index (χ2v) is 5.79. The molecule has 0 aromatic heterocycles. The van der Waals surface area contributed by atoms with Crippen LogP contribution in [-0.4, -0.2) is 38.9 Å². The fraction of sp³-hybridized carbons (Fsp3) is 0.889. The molecule has 0 saturated carbocycles. The van der Waals surface area contributed by atoms with Crippen LogP contribution in [0.15, 0.2) is 0 Å². The van der Waals surface area contributed by atoms with E-state index in [1.165, 1.54) is 0 Å². The van der Waals surface area contributed by atoms with Crippen LogP contribution in [0.4, 0.5) is 0 Å². The highest BCUT2D eigenvalue weighted by atomic mass is 16.6. The van der Waals surface area contributed by atoms with Crippen LogP contribution in [0.5, 0.6) is 0 Å². The number of hydrogen-bond acceptors (Lipinski definition) is 5. The summed E-state index contributed by atoms with van der Waals surface area (Å²) in [7, 11) is 1.54. The Kier molecular flexibility index (Phi) is 21.1. The maximum absolute atomic E-state index is 12.0. The maximum Gasteiger partial charge on any atom is 0.311 e. The Morgan fingerprint density at radius 3 is 1.52 bits per heavy atom. The van der Waals surface area contributed by atoms with Crippen molar-refractivity contribution < 1.29 is 23.8 Å². The average Bonchev–Trinajstić information content (AvgIpc) is 2.28. The highest BCUT2D eigenvalue weighted by Gasteiger charge is 2.40. The highest BCUT2D eigenvalue weighted by molar-refractivity contribution is 5.80. The van der Waals surface area contributed by atoms with Gasteiger partial charge in [-0.1, -0.05) is 29.7 Å². The molecular weight excluding hydrogens is 296 g/mol. The zero-order valence-electron chi connectivity index (χ0n) is 12.9. The standard InChI is InChI=1S/C14H26O5.4CH4/c1-7-18-11(15)13(2,3)10-14(4,5)12(16)19-9-8-17-6;;;;/h7-10H2,1-6H3;4*1H4. The summed E-state index contributed by atoms with van der Waals surface area (Å²) >= 11 is 0. The first-order valence-electron chi connectivity index (χ1n) is 6.50. The van der Waals surface area contributed by atoms with E-state index in [4.69, 9.17) is 14.2 Å². The predicted octanol–water partition coefficient (Wildman–Crippen LogP) is 4.73. The van der Waals surface area contributed by atoms with Gasteiger partial charge in [0.05, 0.1) is 24.0 Å². The molecule has 0 N–H and O–H groups in total. The molecule has 0 saturated heterocycles. The summed E-state index contributed by atoms with van der Waals surface area (Å²) in [4.78, 5) is 23.8. The number of hydrogen-bond donors (Lipinski definition) is 0. The normalized spacial score (nSPS) is 10.0. The minimum absolute atomic E-state index is 0. The van der Waals surface area contributed by atoms with E-state index in [9.17, 15) is 9.59 Å². The molecule has 0 aliphatic carbocycles. The Morgan fingerprint density at radius 2 is 1.17 bits per heavy atom. The van der Waals surface area contributed by atoms with E-state index in [1.54, 1.807) is 41.7 Å². The van der Waals surface area contributed by atoms with Crippen LogP contribution in [0.25, 0.3) is 0 Å². The van der Waals surface area contributed by atoms with Gasteiger partial charge in [-0.15, -0.1) is 0 Å². The van der Waals surface area contributed by atoms with Crippen LogP contribution in [0, 0.1) is 10.8 Å². The van der Waals surface area contributed by atoms with Gasteiger partial charge in [-0.05, 0) is 41.0 Å². The second kappa shape index (κ2) is 14.5. The number of esters is 2. The molecule has 0 aromatic rings. The molecule has 0 atom stereocenters. The molecule has 0 aliphatic heterocycles. The third-order valence-electron chi connectivity index (χ3n) is 2.79. The molecule has 0 amide bonds. The molecule has 23 heavy (non-hydrogen) atoms. The van der Waals surface area contributed by atoms with Gasteiger partial charge in [0.1, 0.15) is 6.61 Å². The van der Waals surface area contributed by atoms with Crippen LogP contribution in [-0.2, 0) is 23.8 Å². The molecule has 0 aromatic carbocycles. The number of carbonyl (C=O) groups excluding carboxylic acids is 2. The van der Waals surface area contributed by atoms with Gasteiger partial charge in [0, 0.05) is 7.11 Å². The Balaban J connectivity index is -0.000000270. The van der Waals surface area contributed by atoms with Crippen molar-refractivity contribution in [2.45, 2.75) is 70.7 Å². The van der Waals surface area contributed by atoms with Crippen molar-refractivity contribution in [3.8, 4) is 0 Å². The third kappa shape index (κ3) is 12.0. The number of ether oxygens (including phenoxy) is 3. The number of rotatable bonds is 8. The van der Waals surface area contributed by atoms with Gasteiger partial charge < -0.3 is 14.2 Å². The van der Waals surface area contributed by atoms with Crippen molar-refractivity contribution in [1.82, 2.24) is 0 Å². The van der Waals surface area contributed by atoms with E-state index < -0.39 is 10.8 Å².